The first kappa shape index (κ1) is 17.4. The van der Waals surface area contributed by atoms with Crippen molar-refractivity contribution < 1.29 is 17.9 Å². The Morgan fingerprint density at radius 3 is 2.15 bits per heavy atom. The average molecular weight is 361 g/mol. The van der Waals surface area contributed by atoms with Crippen molar-refractivity contribution in [1.82, 2.24) is 4.90 Å². The predicted molar refractivity (Wildman–Crippen MR) is 78.3 cm³/mol. The lowest BCUT2D eigenvalue weighted by Crippen LogP contribution is -2.23. The highest BCUT2D eigenvalue weighted by Gasteiger charge is 2.17. The van der Waals surface area contributed by atoms with Crippen molar-refractivity contribution in [2.75, 3.05) is 20.7 Å². The van der Waals surface area contributed by atoms with Gasteiger partial charge < -0.3 is 9.64 Å². The second-order valence-electron chi connectivity index (χ2n) is 4.04. The second kappa shape index (κ2) is 6.85. The quantitative estimate of drug-likeness (QED) is 0.757. The molecule has 0 unspecified atom stereocenters. The minimum absolute atomic E-state index is 0.00836. The zero-order valence-electron chi connectivity index (χ0n) is 10.7. The van der Waals surface area contributed by atoms with E-state index < -0.39 is 9.05 Å². The molecule has 1 amide bonds. The maximum absolute atomic E-state index is 11.4. The van der Waals surface area contributed by atoms with Gasteiger partial charge in [-0.2, -0.15) is 0 Å². The van der Waals surface area contributed by atoms with Gasteiger partial charge in [0.25, 0.3) is 9.05 Å². The van der Waals surface area contributed by atoms with Gasteiger partial charge in [-0.25, -0.2) is 8.42 Å². The number of benzene rings is 1. The molecule has 0 atom stereocenters. The molecule has 0 fully saturated rings. The summed E-state index contributed by atoms with van der Waals surface area (Å²) in [5.41, 5.74) is 0. The number of halogens is 3. The number of hydrogen-bond donors (Lipinski definition) is 0. The maximum Gasteiger partial charge on any atom is 0.261 e. The fraction of sp³-hybridized carbons (Fsp3) is 0.364. The van der Waals surface area contributed by atoms with Gasteiger partial charge in [-0.1, -0.05) is 23.2 Å². The summed E-state index contributed by atoms with van der Waals surface area (Å²) in [5, 5.41) is 0.0167. The summed E-state index contributed by atoms with van der Waals surface area (Å²) in [5.74, 6) is 0.00107. The molecule has 0 saturated carbocycles. The number of ether oxygens (including phenoxy) is 1. The Labute approximate surface area is 131 Å². The van der Waals surface area contributed by atoms with Gasteiger partial charge in [0.05, 0.1) is 28.0 Å². The summed E-state index contributed by atoms with van der Waals surface area (Å²) in [6.45, 7) is 0.0728. The summed E-state index contributed by atoms with van der Waals surface area (Å²) < 4.78 is 27.7. The molecule has 1 aromatic carbocycles. The van der Waals surface area contributed by atoms with Crippen molar-refractivity contribution >= 4 is 48.8 Å². The summed E-state index contributed by atoms with van der Waals surface area (Å²) in [6, 6.07) is 2.28. The van der Waals surface area contributed by atoms with Crippen molar-refractivity contribution in [3.8, 4) is 5.75 Å². The smallest absolute Gasteiger partial charge is 0.261 e. The van der Waals surface area contributed by atoms with E-state index in [4.69, 9.17) is 38.6 Å². The first-order chi connectivity index (χ1) is 9.12. The van der Waals surface area contributed by atoms with E-state index >= 15 is 0 Å². The molecule has 112 valence electrons. The van der Waals surface area contributed by atoms with Crippen LogP contribution in [0.3, 0.4) is 0 Å². The summed E-state index contributed by atoms with van der Waals surface area (Å²) in [6.07, 6.45) is 0.148. The fourth-order valence-electron chi connectivity index (χ4n) is 1.28. The third-order valence-corrected chi connectivity index (χ3v) is 4.21. The number of carbonyl (C=O) groups is 1. The van der Waals surface area contributed by atoms with Gasteiger partial charge in [-0.3, -0.25) is 4.79 Å². The van der Waals surface area contributed by atoms with E-state index in [0.29, 0.717) is 0 Å². The fourth-order valence-corrected chi connectivity index (χ4v) is 2.79. The first-order valence-corrected chi connectivity index (χ1v) is 8.46. The molecule has 1 aromatic rings. The van der Waals surface area contributed by atoms with E-state index in [1.807, 2.05) is 0 Å². The van der Waals surface area contributed by atoms with Gasteiger partial charge in [0.2, 0.25) is 5.91 Å². The Hall–Kier alpha value is -0.690. The van der Waals surface area contributed by atoms with E-state index in [0.717, 1.165) is 12.1 Å². The monoisotopic (exact) mass is 359 g/mol. The van der Waals surface area contributed by atoms with Gasteiger partial charge in [-0.05, 0) is 12.1 Å². The van der Waals surface area contributed by atoms with E-state index in [2.05, 4.69) is 0 Å². The molecule has 20 heavy (non-hydrogen) atoms. The molecular weight excluding hydrogens is 349 g/mol. The van der Waals surface area contributed by atoms with Crippen LogP contribution in [0.15, 0.2) is 17.0 Å². The topological polar surface area (TPSA) is 63.7 Å². The molecular formula is C11H12Cl3NO4S. The van der Waals surface area contributed by atoms with Gasteiger partial charge in [0.15, 0.2) is 5.75 Å². The third kappa shape index (κ3) is 4.70. The molecule has 0 aliphatic carbocycles. The first-order valence-electron chi connectivity index (χ1n) is 5.39. The average Bonchev–Trinajstić information content (AvgIpc) is 2.30. The van der Waals surface area contributed by atoms with Crippen molar-refractivity contribution in [2.24, 2.45) is 0 Å². The van der Waals surface area contributed by atoms with Crippen LogP contribution in [0.2, 0.25) is 10.0 Å². The van der Waals surface area contributed by atoms with Gasteiger partial charge >= 0.3 is 0 Å². The highest BCUT2D eigenvalue weighted by Crippen LogP contribution is 2.36. The number of carbonyl (C=O) groups excluding carboxylic acids is 1. The van der Waals surface area contributed by atoms with Crippen LogP contribution in [0.25, 0.3) is 0 Å². The molecule has 0 N–H and O–H groups in total. The summed E-state index contributed by atoms with van der Waals surface area (Å²) >= 11 is 11.8. The standard InChI is InChI=1S/C11H12Cl3NO4S/c1-15(2)10(16)3-4-19-11-8(12)5-7(6-9(11)13)20(14,17)18/h5-6H,3-4H2,1-2H3. The molecule has 0 aromatic heterocycles. The van der Waals surface area contributed by atoms with Crippen LogP contribution in [0.5, 0.6) is 5.75 Å². The molecule has 0 heterocycles. The normalized spacial score (nSPS) is 11.2. The Kier molecular flexibility index (Phi) is 5.94. The third-order valence-electron chi connectivity index (χ3n) is 2.31. The molecule has 0 radical (unpaired) electrons. The highest BCUT2D eigenvalue weighted by atomic mass is 35.7. The second-order valence-corrected chi connectivity index (χ2v) is 7.42. The minimum Gasteiger partial charge on any atom is -0.490 e. The van der Waals surface area contributed by atoms with Gasteiger partial charge in [0.1, 0.15) is 0 Å². The SMILES string of the molecule is CN(C)C(=O)CCOc1c(Cl)cc(S(=O)(=O)Cl)cc1Cl. The zero-order chi connectivity index (χ0) is 15.5. The number of nitrogens with zero attached hydrogens (tertiary/aromatic N) is 1. The Balaban J connectivity index is 2.85. The predicted octanol–water partition coefficient (Wildman–Crippen LogP) is 2.78. The minimum atomic E-state index is -3.92. The molecule has 0 aliphatic heterocycles. The lowest BCUT2D eigenvalue weighted by Gasteiger charge is -2.13. The van der Waals surface area contributed by atoms with Crippen LogP contribution in [-0.4, -0.2) is 39.9 Å². The summed E-state index contributed by atoms with van der Waals surface area (Å²) in [7, 11) is 4.53. The van der Waals surface area contributed by atoms with Crippen molar-refractivity contribution in [3.05, 3.63) is 22.2 Å². The molecule has 0 aliphatic rings. The number of hydrogen-bond acceptors (Lipinski definition) is 4. The molecule has 0 saturated heterocycles. The van der Waals surface area contributed by atoms with Crippen LogP contribution in [0.1, 0.15) is 6.42 Å². The van der Waals surface area contributed by atoms with Crippen LogP contribution < -0.4 is 4.74 Å². The Morgan fingerprint density at radius 2 is 1.75 bits per heavy atom. The van der Waals surface area contributed by atoms with Crippen LogP contribution >= 0.6 is 33.9 Å². The van der Waals surface area contributed by atoms with Crippen LogP contribution in [0.4, 0.5) is 0 Å². The number of rotatable bonds is 5. The van der Waals surface area contributed by atoms with Gasteiger partial charge in [-0.15, -0.1) is 0 Å². The Morgan fingerprint density at radius 1 is 1.25 bits per heavy atom. The molecule has 5 nitrogen and oxygen atoms in total. The largest absolute Gasteiger partial charge is 0.490 e. The lowest BCUT2D eigenvalue weighted by molar-refractivity contribution is -0.129. The summed E-state index contributed by atoms with van der Waals surface area (Å²) in [4.78, 5) is 12.6. The van der Waals surface area contributed by atoms with Crippen molar-refractivity contribution in [2.45, 2.75) is 11.3 Å². The molecule has 9 heteroatoms. The lowest BCUT2D eigenvalue weighted by atomic mass is 10.3. The zero-order valence-corrected chi connectivity index (χ0v) is 13.8. The maximum atomic E-state index is 11.4. The molecule has 0 spiro atoms. The van der Waals surface area contributed by atoms with E-state index in [9.17, 15) is 13.2 Å². The van der Waals surface area contributed by atoms with Crippen LogP contribution in [0, 0.1) is 0 Å². The van der Waals surface area contributed by atoms with E-state index in [1.165, 1.54) is 4.90 Å². The van der Waals surface area contributed by atoms with Crippen LogP contribution in [-0.2, 0) is 13.8 Å². The molecule has 1 rings (SSSR count). The van der Waals surface area contributed by atoms with E-state index in [1.54, 1.807) is 14.1 Å². The van der Waals surface area contributed by atoms with Gasteiger partial charge in [0, 0.05) is 24.8 Å². The van der Waals surface area contributed by atoms with E-state index in [-0.39, 0.29) is 39.6 Å². The number of amides is 1. The van der Waals surface area contributed by atoms with Crippen molar-refractivity contribution in [3.63, 3.8) is 0 Å². The highest BCUT2D eigenvalue weighted by molar-refractivity contribution is 8.13. The van der Waals surface area contributed by atoms with Crippen molar-refractivity contribution in [1.29, 1.82) is 0 Å². The Bertz CT molecular complexity index is 593. The molecule has 0 bridgehead atoms.